The van der Waals surface area contributed by atoms with E-state index in [0.717, 1.165) is 0 Å². The average Bonchev–Trinajstić information content (AvgIpc) is 2.46. The van der Waals surface area contributed by atoms with Gasteiger partial charge in [0.15, 0.2) is 0 Å². The topological polar surface area (TPSA) is 0 Å². The van der Waals surface area contributed by atoms with Gasteiger partial charge in [-0.25, -0.2) is 0 Å². The van der Waals surface area contributed by atoms with Gasteiger partial charge in [-0.05, 0) is 6.92 Å². The summed E-state index contributed by atoms with van der Waals surface area (Å²) in [6.07, 6.45) is 0. The predicted octanol–water partition coefficient (Wildman–Crippen LogP) is 4.61. The molecule has 2 aromatic carbocycles. The van der Waals surface area contributed by atoms with Crippen LogP contribution in [0.3, 0.4) is 0 Å². The van der Waals surface area contributed by atoms with Crippen molar-refractivity contribution in [1.82, 2.24) is 0 Å². The fraction of sp³-hybridized carbons (Fsp3) is 0.312. The molecule has 2 rings (SSSR count). The number of hydrogen-bond acceptors (Lipinski definition) is 0. The fourth-order valence-corrected chi connectivity index (χ4v) is 2.37. The van der Waals surface area contributed by atoms with E-state index in [1.807, 2.05) is 0 Å². The van der Waals surface area contributed by atoms with Gasteiger partial charge in [0.2, 0.25) is 0 Å². The standard InChI is InChI=1S/C16H19.Ti/c1-10-6-8-15(9-7-10)16-13(4)11(2)12(3)14(16)5;/h6-9H,1-5H3;/q-1;. The molecule has 0 heterocycles. The van der Waals surface area contributed by atoms with Crippen molar-refractivity contribution in [2.45, 2.75) is 34.6 Å². The second kappa shape index (κ2) is 5.29. The van der Waals surface area contributed by atoms with Gasteiger partial charge in [-0.15, -0.1) is 39.9 Å². The van der Waals surface area contributed by atoms with Gasteiger partial charge in [0.05, 0.1) is 0 Å². The van der Waals surface area contributed by atoms with Crippen LogP contribution in [-0.4, -0.2) is 0 Å². The molecule has 0 N–H and O–H groups in total. The van der Waals surface area contributed by atoms with Gasteiger partial charge in [-0.2, -0.15) is 0 Å². The minimum absolute atomic E-state index is 0. The molecule has 0 saturated carbocycles. The van der Waals surface area contributed by atoms with Crippen molar-refractivity contribution in [2.24, 2.45) is 0 Å². The van der Waals surface area contributed by atoms with Gasteiger partial charge >= 0.3 is 0 Å². The molecule has 88 valence electrons. The Kier molecular flexibility index (Phi) is 4.46. The molecule has 1 heteroatoms. The molecule has 0 nitrogen and oxygen atoms in total. The summed E-state index contributed by atoms with van der Waals surface area (Å²) in [5.41, 5.74) is 9.82. The largest absolute Gasteiger partial charge is 0.134 e. The van der Waals surface area contributed by atoms with E-state index < -0.39 is 0 Å². The normalized spacial score (nSPS) is 10.2. The van der Waals surface area contributed by atoms with E-state index in [4.69, 9.17) is 0 Å². The van der Waals surface area contributed by atoms with Crippen LogP contribution < -0.4 is 0 Å². The van der Waals surface area contributed by atoms with Crippen LogP contribution in [0.5, 0.6) is 0 Å². The number of benzene rings is 1. The molecule has 0 aliphatic rings. The number of aryl methyl sites for hydroxylation is 1. The molecule has 0 radical (unpaired) electrons. The van der Waals surface area contributed by atoms with Crippen LogP contribution in [0.4, 0.5) is 0 Å². The van der Waals surface area contributed by atoms with E-state index in [-0.39, 0.29) is 21.7 Å². The predicted molar refractivity (Wildman–Crippen MR) is 71.2 cm³/mol. The summed E-state index contributed by atoms with van der Waals surface area (Å²) in [5.74, 6) is 0. The summed E-state index contributed by atoms with van der Waals surface area (Å²) in [6, 6.07) is 8.82. The molecule has 0 aliphatic heterocycles. The molecule has 0 saturated heterocycles. The Morgan fingerprint density at radius 1 is 0.706 bits per heavy atom. The zero-order chi connectivity index (χ0) is 11.9. The first-order valence-corrected chi connectivity index (χ1v) is 5.82. The molecule has 0 bridgehead atoms. The molecule has 0 aliphatic carbocycles. The van der Waals surface area contributed by atoms with Crippen molar-refractivity contribution in [2.75, 3.05) is 0 Å². The zero-order valence-electron chi connectivity index (χ0n) is 11.3. The summed E-state index contributed by atoms with van der Waals surface area (Å²) in [5, 5.41) is 0. The molecule has 0 amide bonds. The van der Waals surface area contributed by atoms with E-state index in [0.29, 0.717) is 0 Å². The van der Waals surface area contributed by atoms with Crippen LogP contribution in [0.2, 0.25) is 0 Å². The first-order valence-electron chi connectivity index (χ1n) is 5.82. The van der Waals surface area contributed by atoms with Crippen molar-refractivity contribution >= 4 is 0 Å². The maximum absolute atomic E-state index is 2.23. The Labute approximate surface area is 119 Å². The van der Waals surface area contributed by atoms with Gasteiger partial charge in [-0.3, -0.25) is 0 Å². The van der Waals surface area contributed by atoms with Crippen molar-refractivity contribution in [3.8, 4) is 11.1 Å². The molecule has 0 atom stereocenters. The Morgan fingerprint density at radius 2 is 1.12 bits per heavy atom. The SMILES string of the molecule is Cc1ccc(-[c-]2c(C)c(C)c(C)c2C)cc1.[Ti]. The Bertz CT molecular complexity index is 490. The Morgan fingerprint density at radius 3 is 1.53 bits per heavy atom. The molecule has 0 fully saturated rings. The van der Waals surface area contributed by atoms with Crippen LogP contribution in [0.15, 0.2) is 24.3 Å². The Hall–Kier alpha value is -0.716. The molecule has 2 aromatic rings. The quantitative estimate of drug-likeness (QED) is 0.518. The van der Waals surface area contributed by atoms with E-state index in [2.05, 4.69) is 58.9 Å². The summed E-state index contributed by atoms with van der Waals surface area (Å²) in [7, 11) is 0. The van der Waals surface area contributed by atoms with Crippen molar-refractivity contribution < 1.29 is 21.7 Å². The van der Waals surface area contributed by atoms with E-state index >= 15 is 0 Å². The maximum Gasteiger partial charge on any atom is 0 e. The fourth-order valence-electron chi connectivity index (χ4n) is 2.37. The summed E-state index contributed by atoms with van der Waals surface area (Å²) in [6.45, 7) is 11.0. The van der Waals surface area contributed by atoms with Crippen LogP contribution >= 0.6 is 0 Å². The van der Waals surface area contributed by atoms with Crippen LogP contribution in [0.1, 0.15) is 27.8 Å². The van der Waals surface area contributed by atoms with Gasteiger partial charge in [-0.1, -0.05) is 51.0 Å². The molecule has 17 heavy (non-hydrogen) atoms. The smallest absolute Gasteiger partial charge is 0 e. The second-order valence-corrected chi connectivity index (χ2v) is 4.74. The molecule has 0 spiro atoms. The summed E-state index contributed by atoms with van der Waals surface area (Å²) >= 11 is 0. The van der Waals surface area contributed by atoms with Crippen molar-refractivity contribution in [3.05, 3.63) is 52.1 Å². The molecule has 0 unspecified atom stereocenters. The third-order valence-electron chi connectivity index (χ3n) is 3.78. The third kappa shape index (κ3) is 2.43. The van der Waals surface area contributed by atoms with Crippen molar-refractivity contribution in [1.29, 1.82) is 0 Å². The Balaban J connectivity index is 0.00000144. The third-order valence-corrected chi connectivity index (χ3v) is 3.78. The van der Waals surface area contributed by atoms with Gasteiger partial charge in [0.25, 0.3) is 0 Å². The van der Waals surface area contributed by atoms with Crippen molar-refractivity contribution in [3.63, 3.8) is 0 Å². The summed E-state index contributed by atoms with van der Waals surface area (Å²) in [4.78, 5) is 0. The monoisotopic (exact) mass is 259 g/mol. The maximum atomic E-state index is 2.23. The zero-order valence-corrected chi connectivity index (χ0v) is 12.9. The van der Waals surface area contributed by atoms with Gasteiger partial charge < -0.3 is 0 Å². The molecular weight excluding hydrogens is 240 g/mol. The minimum atomic E-state index is 0. The van der Waals surface area contributed by atoms with Crippen LogP contribution in [0, 0.1) is 34.6 Å². The van der Waals surface area contributed by atoms with E-state index in [1.165, 1.54) is 38.9 Å². The van der Waals surface area contributed by atoms with Crippen LogP contribution in [-0.2, 0) is 21.7 Å². The molecule has 0 aromatic heterocycles. The van der Waals surface area contributed by atoms with Gasteiger partial charge in [0.1, 0.15) is 0 Å². The van der Waals surface area contributed by atoms with E-state index in [9.17, 15) is 0 Å². The van der Waals surface area contributed by atoms with Gasteiger partial charge in [0, 0.05) is 21.7 Å². The van der Waals surface area contributed by atoms with Crippen LogP contribution in [0.25, 0.3) is 11.1 Å². The minimum Gasteiger partial charge on any atom is -0.134 e. The summed E-state index contributed by atoms with van der Waals surface area (Å²) < 4.78 is 0. The number of rotatable bonds is 1. The number of hydrogen-bond donors (Lipinski definition) is 0. The average molecular weight is 259 g/mol. The first-order chi connectivity index (χ1) is 7.52. The second-order valence-electron chi connectivity index (χ2n) is 4.74. The molecular formula is C16H19Ti-. The van der Waals surface area contributed by atoms with E-state index in [1.54, 1.807) is 0 Å². The first kappa shape index (κ1) is 14.3.